The molecule has 1 unspecified atom stereocenters. The molecule has 0 N–H and O–H groups in total. The molecule has 3 aromatic rings. The van der Waals surface area contributed by atoms with Crippen molar-refractivity contribution in [1.82, 2.24) is 0 Å². The molecule has 0 amide bonds. The normalized spacial score (nSPS) is 19.9. The highest BCUT2D eigenvalue weighted by Gasteiger charge is 2.37. The van der Waals surface area contributed by atoms with Crippen LogP contribution < -0.4 is 5.01 Å². The Morgan fingerprint density at radius 2 is 1.46 bits per heavy atom. The molecule has 1 heterocycles. The van der Waals surface area contributed by atoms with Crippen LogP contribution >= 0.6 is 11.6 Å². The van der Waals surface area contributed by atoms with Crippen molar-refractivity contribution in [2.75, 3.05) is 5.01 Å². The van der Waals surface area contributed by atoms with Gasteiger partial charge in [0.1, 0.15) is 0 Å². The molecule has 0 bridgehead atoms. The van der Waals surface area contributed by atoms with Crippen molar-refractivity contribution < 1.29 is 0 Å². The predicted octanol–water partition coefficient (Wildman–Crippen LogP) is 6.26. The minimum absolute atomic E-state index is 0.182. The molecule has 130 valence electrons. The number of hydrogen-bond acceptors (Lipinski definition) is 2. The van der Waals surface area contributed by atoms with Gasteiger partial charge in [-0.25, -0.2) is 0 Å². The maximum Gasteiger partial charge on any atom is 0.0858 e. The zero-order valence-corrected chi connectivity index (χ0v) is 15.5. The van der Waals surface area contributed by atoms with E-state index < -0.39 is 0 Å². The van der Waals surface area contributed by atoms with Gasteiger partial charge in [0.05, 0.1) is 16.9 Å². The van der Waals surface area contributed by atoms with Crippen molar-refractivity contribution in [3.05, 3.63) is 101 Å². The summed E-state index contributed by atoms with van der Waals surface area (Å²) in [5.74, 6) is 0. The Morgan fingerprint density at radius 1 is 0.846 bits per heavy atom. The molecule has 0 radical (unpaired) electrons. The molecule has 0 aromatic heterocycles. The highest BCUT2D eigenvalue weighted by Crippen LogP contribution is 2.40. The van der Waals surface area contributed by atoms with E-state index in [1.807, 2.05) is 18.2 Å². The summed E-state index contributed by atoms with van der Waals surface area (Å²) in [5.41, 5.74) is 4.43. The summed E-state index contributed by atoms with van der Waals surface area (Å²) in [4.78, 5) is 0. The fourth-order valence-electron chi connectivity index (χ4n) is 3.57. The summed E-state index contributed by atoms with van der Waals surface area (Å²) >= 11 is 6.05. The summed E-state index contributed by atoms with van der Waals surface area (Å²) in [5, 5.41) is 8.01. The number of hydrogen-bond donors (Lipinski definition) is 0. The SMILES string of the molecule is CC1(c2ccccc2)CCC(c2ccc(Cl)cc2)=NN1c1ccccc1. The summed E-state index contributed by atoms with van der Waals surface area (Å²) in [6.45, 7) is 2.28. The second-order valence-electron chi connectivity index (χ2n) is 6.84. The maximum absolute atomic E-state index is 6.05. The van der Waals surface area contributed by atoms with E-state index >= 15 is 0 Å². The molecule has 1 aliphatic rings. The molecule has 3 heteroatoms. The Hall–Kier alpha value is -2.58. The number of halogens is 1. The summed E-state index contributed by atoms with van der Waals surface area (Å²) in [7, 11) is 0. The van der Waals surface area contributed by atoms with Crippen LogP contribution in [0.25, 0.3) is 0 Å². The van der Waals surface area contributed by atoms with E-state index in [1.165, 1.54) is 5.56 Å². The lowest BCUT2D eigenvalue weighted by Gasteiger charge is -2.43. The summed E-state index contributed by atoms with van der Waals surface area (Å²) in [6.07, 6.45) is 1.92. The van der Waals surface area contributed by atoms with Crippen LogP contribution in [0.5, 0.6) is 0 Å². The van der Waals surface area contributed by atoms with Crippen molar-refractivity contribution in [3.8, 4) is 0 Å². The monoisotopic (exact) mass is 360 g/mol. The van der Waals surface area contributed by atoms with Gasteiger partial charge in [0.15, 0.2) is 0 Å². The Kier molecular flexibility index (Phi) is 4.52. The van der Waals surface area contributed by atoms with Crippen LogP contribution in [0.1, 0.15) is 30.9 Å². The van der Waals surface area contributed by atoms with Crippen molar-refractivity contribution in [2.45, 2.75) is 25.3 Å². The molecule has 0 saturated carbocycles. The average Bonchev–Trinajstić information content (AvgIpc) is 2.70. The molecule has 3 aromatic carbocycles. The largest absolute Gasteiger partial charge is 0.255 e. The Morgan fingerprint density at radius 3 is 2.12 bits per heavy atom. The van der Waals surface area contributed by atoms with E-state index in [0.29, 0.717) is 0 Å². The fourth-order valence-corrected chi connectivity index (χ4v) is 3.69. The van der Waals surface area contributed by atoms with Crippen LogP contribution in [-0.2, 0) is 5.54 Å². The molecular formula is C23H21ClN2. The Labute approximate surface area is 159 Å². The topological polar surface area (TPSA) is 15.6 Å². The summed E-state index contributed by atoms with van der Waals surface area (Å²) < 4.78 is 0. The van der Waals surface area contributed by atoms with E-state index in [2.05, 4.69) is 78.7 Å². The van der Waals surface area contributed by atoms with Gasteiger partial charge >= 0.3 is 0 Å². The van der Waals surface area contributed by atoms with Crippen molar-refractivity contribution in [1.29, 1.82) is 0 Å². The zero-order chi connectivity index (χ0) is 18.0. The van der Waals surface area contributed by atoms with Crippen LogP contribution in [0.4, 0.5) is 5.69 Å². The average molecular weight is 361 g/mol. The minimum atomic E-state index is -0.182. The first kappa shape index (κ1) is 16.9. The van der Waals surface area contributed by atoms with E-state index in [9.17, 15) is 0 Å². The third-order valence-electron chi connectivity index (χ3n) is 5.11. The third kappa shape index (κ3) is 3.13. The molecule has 2 nitrogen and oxygen atoms in total. The highest BCUT2D eigenvalue weighted by molar-refractivity contribution is 6.30. The van der Waals surface area contributed by atoms with E-state index in [0.717, 1.165) is 34.8 Å². The van der Waals surface area contributed by atoms with Gasteiger partial charge in [0, 0.05) is 5.02 Å². The first-order chi connectivity index (χ1) is 12.7. The fraction of sp³-hybridized carbons (Fsp3) is 0.174. The molecule has 0 aliphatic carbocycles. The van der Waals surface area contributed by atoms with Crippen LogP contribution in [0, 0.1) is 0 Å². The zero-order valence-electron chi connectivity index (χ0n) is 14.8. The van der Waals surface area contributed by atoms with E-state index in [1.54, 1.807) is 0 Å². The van der Waals surface area contributed by atoms with Gasteiger partial charge in [-0.15, -0.1) is 0 Å². The van der Waals surface area contributed by atoms with Gasteiger partial charge in [-0.05, 0) is 55.2 Å². The molecular weight excluding hydrogens is 340 g/mol. The van der Waals surface area contributed by atoms with Crippen molar-refractivity contribution in [2.24, 2.45) is 5.10 Å². The van der Waals surface area contributed by atoms with Crippen LogP contribution in [0.2, 0.25) is 5.02 Å². The van der Waals surface area contributed by atoms with Crippen LogP contribution in [-0.4, -0.2) is 5.71 Å². The van der Waals surface area contributed by atoms with Crippen LogP contribution in [0.3, 0.4) is 0 Å². The standard InChI is InChI=1S/C23H21ClN2/c1-23(19-8-4-2-5-9-19)17-16-22(18-12-14-20(24)15-13-18)25-26(23)21-10-6-3-7-11-21/h2-15H,16-17H2,1H3. The lowest BCUT2D eigenvalue weighted by atomic mass is 9.83. The second-order valence-corrected chi connectivity index (χ2v) is 7.28. The quantitative estimate of drug-likeness (QED) is 0.538. The number of para-hydroxylation sites is 1. The van der Waals surface area contributed by atoms with Crippen molar-refractivity contribution in [3.63, 3.8) is 0 Å². The number of anilines is 1. The first-order valence-corrected chi connectivity index (χ1v) is 9.29. The van der Waals surface area contributed by atoms with E-state index in [4.69, 9.17) is 16.7 Å². The lowest BCUT2D eigenvalue weighted by Crippen LogP contribution is -2.44. The Bertz CT molecular complexity index is 904. The molecule has 26 heavy (non-hydrogen) atoms. The van der Waals surface area contributed by atoms with Crippen LogP contribution in [0.15, 0.2) is 90.0 Å². The lowest BCUT2D eigenvalue weighted by molar-refractivity contribution is 0.403. The first-order valence-electron chi connectivity index (χ1n) is 8.91. The highest BCUT2D eigenvalue weighted by atomic mass is 35.5. The smallest absolute Gasteiger partial charge is 0.0858 e. The molecule has 0 spiro atoms. The maximum atomic E-state index is 6.05. The minimum Gasteiger partial charge on any atom is -0.255 e. The van der Waals surface area contributed by atoms with Gasteiger partial charge < -0.3 is 0 Å². The number of rotatable bonds is 3. The van der Waals surface area contributed by atoms with Gasteiger partial charge in [0.25, 0.3) is 0 Å². The van der Waals surface area contributed by atoms with Gasteiger partial charge in [-0.2, -0.15) is 5.10 Å². The van der Waals surface area contributed by atoms with Crippen molar-refractivity contribution >= 4 is 23.0 Å². The molecule has 0 fully saturated rings. The van der Waals surface area contributed by atoms with Gasteiger partial charge in [-0.3, -0.25) is 5.01 Å². The predicted molar refractivity (Wildman–Crippen MR) is 110 cm³/mol. The Balaban J connectivity index is 1.81. The van der Waals surface area contributed by atoms with E-state index in [-0.39, 0.29) is 5.54 Å². The number of nitrogens with zero attached hydrogens (tertiary/aromatic N) is 2. The third-order valence-corrected chi connectivity index (χ3v) is 5.36. The van der Waals surface area contributed by atoms with Gasteiger partial charge in [0.2, 0.25) is 0 Å². The molecule has 1 aliphatic heterocycles. The molecule has 1 atom stereocenters. The second kappa shape index (κ2) is 6.97. The van der Waals surface area contributed by atoms with Gasteiger partial charge in [-0.1, -0.05) is 72.3 Å². The molecule has 0 saturated heterocycles. The number of hydrazone groups is 1. The summed E-state index contributed by atoms with van der Waals surface area (Å²) in [6, 6.07) is 29.0. The molecule has 4 rings (SSSR count). The number of benzene rings is 3.